The van der Waals surface area contributed by atoms with Crippen molar-refractivity contribution in [3.05, 3.63) is 29.6 Å². The lowest BCUT2D eigenvalue weighted by molar-refractivity contribution is -0.119. The fourth-order valence-corrected chi connectivity index (χ4v) is 3.56. The van der Waals surface area contributed by atoms with Crippen LogP contribution in [0.1, 0.15) is 44.2 Å². The Hall–Kier alpha value is -1.31. The molecule has 2 heteroatoms. The summed E-state index contributed by atoms with van der Waals surface area (Å²) in [5.74, 6) is 1.44. The number of nitrogens with zero attached hydrogens (tertiary/aromatic N) is 1. The summed E-state index contributed by atoms with van der Waals surface area (Å²) in [5.41, 5.74) is 2.19. The molecule has 1 atom stereocenters. The Morgan fingerprint density at radius 3 is 2.72 bits per heavy atom. The molecular weight excluding hydrogens is 222 g/mol. The van der Waals surface area contributed by atoms with Crippen LogP contribution in [0.25, 0.3) is 6.08 Å². The molecule has 3 rings (SSSR count). The van der Waals surface area contributed by atoms with E-state index in [1.54, 1.807) is 0 Å². The van der Waals surface area contributed by atoms with Crippen LogP contribution in [0.4, 0.5) is 0 Å². The number of hydrogen-bond donors (Lipinski definition) is 0. The van der Waals surface area contributed by atoms with Gasteiger partial charge in [0.15, 0.2) is 5.78 Å². The Morgan fingerprint density at radius 2 is 2.06 bits per heavy atom. The van der Waals surface area contributed by atoms with Crippen LogP contribution in [0.3, 0.4) is 0 Å². The molecule has 0 radical (unpaired) electrons. The maximum Gasteiger partial charge on any atom is 0.162 e. The van der Waals surface area contributed by atoms with Crippen LogP contribution in [-0.4, -0.2) is 10.4 Å². The van der Waals surface area contributed by atoms with Gasteiger partial charge in [-0.3, -0.25) is 4.79 Å². The van der Waals surface area contributed by atoms with E-state index in [0.717, 1.165) is 24.1 Å². The van der Waals surface area contributed by atoms with E-state index < -0.39 is 0 Å². The van der Waals surface area contributed by atoms with Gasteiger partial charge in [0, 0.05) is 24.9 Å². The van der Waals surface area contributed by atoms with Crippen LogP contribution in [0.15, 0.2) is 23.9 Å². The maximum atomic E-state index is 12.5. The lowest BCUT2D eigenvalue weighted by Crippen LogP contribution is -2.16. The molecule has 2 nitrogen and oxygen atoms in total. The number of allylic oxidation sites excluding steroid dienone is 1. The van der Waals surface area contributed by atoms with E-state index >= 15 is 0 Å². The molecule has 0 N–H and O–H groups in total. The SMILES string of the molecule is Cn1cccc1C=C1CCC(C2CCCC2)C1=O. The molecule has 0 aliphatic heterocycles. The van der Waals surface area contributed by atoms with Crippen LogP contribution in [0.2, 0.25) is 0 Å². The molecule has 0 saturated heterocycles. The molecule has 2 aliphatic rings. The number of aryl methyl sites for hydroxylation is 1. The first-order chi connectivity index (χ1) is 8.75. The number of Topliss-reactive ketones (excluding diaryl/α,β-unsaturated/α-hetero) is 1. The van der Waals surface area contributed by atoms with E-state index in [1.807, 2.05) is 19.3 Å². The summed E-state index contributed by atoms with van der Waals surface area (Å²) in [4.78, 5) is 12.5. The highest BCUT2D eigenvalue weighted by atomic mass is 16.1. The molecule has 2 aliphatic carbocycles. The third kappa shape index (κ3) is 2.05. The van der Waals surface area contributed by atoms with E-state index in [0.29, 0.717) is 17.6 Å². The number of hydrogen-bond acceptors (Lipinski definition) is 1. The van der Waals surface area contributed by atoms with E-state index in [1.165, 1.54) is 25.7 Å². The van der Waals surface area contributed by atoms with Crippen molar-refractivity contribution in [1.82, 2.24) is 4.57 Å². The first-order valence-electron chi connectivity index (χ1n) is 7.12. The fourth-order valence-electron chi connectivity index (χ4n) is 3.56. The van der Waals surface area contributed by atoms with Crippen molar-refractivity contribution in [1.29, 1.82) is 0 Å². The number of rotatable bonds is 2. The molecule has 1 aromatic rings. The molecule has 1 heterocycles. The Morgan fingerprint density at radius 1 is 1.28 bits per heavy atom. The average Bonchev–Trinajstić information content (AvgIpc) is 3.05. The molecule has 0 bridgehead atoms. The number of aromatic nitrogens is 1. The Kier molecular flexibility index (Phi) is 3.11. The summed E-state index contributed by atoms with van der Waals surface area (Å²) in [5, 5.41) is 0. The summed E-state index contributed by atoms with van der Waals surface area (Å²) >= 11 is 0. The van der Waals surface area contributed by atoms with Crippen LogP contribution in [0.5, 0.6) is 0 Å². The van der Waals surface area contributed by atoms with Gasteiger partial charge in [-0.15, -0.1) is 0 Å². The van der Waals surface area contributed by atoms with E-state index in [9.17, 15) is 4.79 Å². The zero-order valence-electron chi connectivity index (χ0n) is 11.1. The van der Waals surface area contributed by atoms with Gasteiger partial charge in [0.2, 0.25) is 0 Å². The van der Waals surface area contributed by atoms with Crippen molar-refractivity contribution < 1.29 is 4.79 Å². The smallest absolute Gasteiger partial charge is 0.162 e. The largest absolute Gasteiger partial charge is 0.351 e. The molecular formula is C16H21NO. The van der Waals surface area contributed by atoms with Crippen molar-refractivity contribution >= 4 is 11.9 Å². The molecule has 1 unspecified atom stereocenters. The van der Waals surface area contributed by atoms with E-state index in [4.69, 9.17) is 0 Å². The zero-order chi connectivity index (χ0) is 12.5. The van der Waals surface area contributed by atoms with Crippen LogP contribution >= 0.6 is 0 Å². The maximum absolute atomic E-state index is 12.5. The molecule has 2 saturated carbocycles. The normalized spacial score (nSPS) is 27.5. The standard InChI is InChI=1S/C16H21NO/c1-17-10-4-7-14(17)11-13-8-9-15(16(13)18)12-5-2-3-6-12/h4,7,10-12,15H,2-3,5-6,8-9H2,1H3. The van der Waals surface area contributed by atoms with Crippen LogP contribution in [0, 0.1) is 11.8 Å². The van der Waals surface area contributed by atoms with Gasteiger partial charge < -0.3 is 4.57 Å². The summed E-state index contributed by atoms with van der Waals surface area (Å²) in [7, 11) is 2.03. The highest BCUT2D eigenvalue weighted by molar-refractivity contribution is 6.03. The van der Waals surface area contributed by atoms with Crippen molar-refractivity contribution in [2.45, 2.75) is 38.5 Å². The average molecular weight is 243 g/mol. The molecule has 0 aromatic carbocycles. The third-order valence-corrected chi connectivity index (χ3v) is 4.65. The minimum atomic E-state index is 0.332. The van der Waals surface area contributed by atoms with Gasteiger partial charge in [0.05, 0.1) is 0 Å². The van der Waals surface area contributed by atoms with E-state index in [2.05, 4.69) is 16.7 Å². The lowest BCUT2D eigenvalue weighted by atomic mass is 9.88. The van der Waals surface area contributed by atoms with Gasteiger partial charge in [-0.1, -0.05) is 12.8 Å². The molecule has 0 amide bonds. The number of carbonyl (C=O) groups is 1. The second-order valence-corrected chi connectivity index (χ2v) is 5.77. The lowest BCUT2D eigenvalue weighted by Gasteiger charge is -2.15. The highest BCUT2D eigenvalue weighted by Gasteiger charge is 2.36. The third-order valence-electron chi connectivity index (χ3n) is 4.65. The summed E-state index contributed by atoms with van der Waals surface area (Å²) in [6.45, 7) is 0. The topological polar surface area (TPSA) is 22.0 Å². The van der Waals surface area contributed by atoms with Crippen molar-refractivity contribution in [2.24, 2.45) is 18.9 Å². The van der Waals surface area contributed by atoms with Gasteiger partial charge in [-0.2, -0.15) is 0 Å². The second-order valence-electron chi connectivity index (χ2n) is 5.77. The quantitative estimate of drug-likeness (QED) is 0.728. The molecule has 96 valence electrons. The molecule has 18 heavy (non-hydrogen) atoms. The fraction of sp³-hybridized carbons (Fsp3) is 0.562. The first-order valence-corrected chi connectivity index (χ1v) is 7.12. The molecule has 0 spiro atoms. The van der Waals surface area contributed by atoms with Gasteiger partial charge in [-0.25, -0.2) is 0 Å². The van der Waals surface area contributed by atoms with Gasteiger partial charge in [0.25, 0.3) is 0 Å². The summed E-state index contributed by atoms with van der Waals surface area (Å²) < 4.78 is 2.07. The first kappa shape index (κ1) is 11.8. The van der Waals surface area contributed by atoms with Gasteiger partial charge >= 0.3 is 0 Å². The minimum absolute atomic E-state index is 0.332. The predicted octanol–water partition coefficient (Wildman–Crippen LogP) is 3.58. The summed E-state index contributed by atoms with van der Waals surface area (Å²) in [6, 6.07) is 4.10. The number of ketones is 1. The van der Waals surface area contributed by atoms with Crippen LogP contribution in [-0.2, 0) is 11.8 Å². The highest BCUT2D eigenvalue weighted by Crippen LogP contribution is 2.40. The van der Waals surface area contributed by atoms with Gasteiger partial charge in [0.1, 0.15) is 0 Å². The van der Waals surface area contributed by atoms with Crippen molar-refractivity contribution in [3.63, 3.8) is 0 Å². The Balaban J connectivity index is 1.78. The van der Waals surface area contributed by atoms with Crippen molar-refractivity contribution in [2.75, 3.05) is 0 Å². The predicted molar refractivity (Wildman–Crippen MR) is 73.1 cm³/mol. The molecule has 2 fully saturated rings. The zero-order valence-corrected chi connectivity index (χ0v) is 11.1. The Labute approximate surface area is 109 Å². The Bertz CT molecular complexity index is 477. The van der Waals surface area contributed by atoms with Crippen LogP contribution < -0.4 is 0 Å². The molecule has 1 aromatic heterocycles. The number of carbonyl (C=O) groups excluding carboxylic acids is 1. The second kappa shape index (κ2) is 4.75. The minimum Gasteiger partial charge on any atom is -0.351 e. The monoisotopic (exact) mass is 243 g/mol. The van der Waals surface area contributed by atoms with Crippen molar-refractivity contribution in [3.8, 4) is 0 Å². The summed E-state index contributed by atoms with van der Waals surface area (Å²) in [6.07, 6.45) is 11.4. The van der Waals surface area contributed by atoms with Gasteiger partial charge in [-0.05, 0) is 55.4 Å². The van der Waals surface area contributed by atoms with E-state index in [-0.39, 0.29) is 0 Å².